The molecule has 72 valence electrons. The molecule has 0 aliphatic heterocycles. The Morgan fingerprint density at radius 1 is 1.50 bits per heavy atom. The van der Waals surface area contributed by atoms with E-state index in [4.69, 9.17) is 5.11 Å². The maximum atomic E-state index is 10.6. The number of rotatable bonds is 2. The van der Waals surface area contributed by atoms with Crippen molar-refractivity contribution in [3.05, 3.63) is 24.5 Å². The molecule has 0 aliphatic rings. The Morgan fingerprint density at radius 3 is 2.79 bits per heavy atom. The first-order valence-electron chi connectivity index (χ1n) is 3.80. The summed E-state index contributed by atoms with van der Waals surface area (Å²) in [5.74, 6) is -0.545. The third kappa shape index (κ3) is 1.24. The summed E-state index contributed by atoms with van der Waals surface area (Å²) in [6.07, 6.45) is 4.29. The van der Waals surface area contributed by atoms with Gasteiger partial charge in [-0.2, -0.15) is 0 Å². The summed E-state index contributed by atoms with van der Waals surface area (Å²) in [5, 5.41) is 16.1. The number of imidazole rings is 1. The molecule has 0 fully saturated rings. The van der Waals surface area contributed by atoms with E-state index in [9.17, 15) is 4.79 Å². The van der Waals surface area contributed by atoms with Crippen molar-refractivity contribution in [1.29, 1.82) is 0 Å². The van der Waals surface area contributed by atoms with E-state index >= 15 is 0 Å². The van der Waals surface area contributed by atoms with Crippen molar-refractivity contribution in [2.75, 3.05) is 0 Å². The van der Waals surface area contributed by atoms with Gasteiger partial charge < -0.3 is 9.67 Å². The molecule has 7 heteroatoms. The average Bonchev–Trinajstić information content (AvgIpc) is 2.71. The van der Waals surface area contributed by atoms with Gasteiger partial charge in [-0.3, -0.25) is 4.57 Å². The van der Waals surface area contributed by atoms with Crippen LogP contribution in [0.2, 0.25) is 0 Å². The molecule has 2 rings (SSSR count). The number of carboxylic acids is 1. The quantitative estimate of drug-likeness (QED) is 0.707. The number of aromatic carboxylic acids is 1. The number of hydrogen-bond acceptors (Lipinski definition) is 4. The van der Waals surface area contributed by atoms with Crippen molar-refractivity contribution in [1.82, 2.24) is 24.3 Å². The Labute approximate surface area is 78.6 Å². The van der Waals surface area contributed by atoms with Gasteiger partial charge in [0.2, 0.25) is 5.95 Å². The van der Waals surface area contributed by atoms with Crippen LogP contribution in [-0.2, 0) is 7.05 Å². The Hall–Kier alpha value is -2.18. The number of aryl methyl sites for hydroxylation is 1. The number of aromatic nitrogens is 5. The van der Waals surface area contributed by atoms with Gasteiger partial charge >= 0.3 is 5.97 Å². The summed E-state index contributed by atoms with van der Waals surface area (Å²) in [6.45, 7) is 0. The van der Waals surface area contributed by atoms with E-state index in [1.54, 1.807) is 11.6 Å². The zero-order valence-corrected chi connectivity index (χ0v) is 7.32. The van der Waals surface area contributed by atoms with Gasteiger partial charge in [0.15, 0.2) is 5.69 Å². The maximum absolute atomic E-state index is 10.6. The van der Waals surface area contributed by atoms with Gasteiger partial charge in [0.25, 0.3) is 0 Å². The first-order chi connectivity index (χ1) is 6.68. The van der Waals surface area contributed by atoms with E-state index in [2.05, 4.69) is 15.2 Å². The molecule has 2 aromatic rings. The lowest BCUT2D eigenvalue weighted by Gasteiger charge is -1.97. The van der Waals surface area contributed by atoms with E-state index in [-0.39, 0.29) is 5.69 Å². The van der Waals surface area contributed by atoms with Crippen molar-refractivity contribution in [3.63, 3.8) is 0 Å². The number of carbonyl (C=O) groups is 1. The maximum Gasteiger partial charge on any atom is 0.356 e. The average molecular weight is 193 g/mol. The van der Waals surface area contributed by atoms with Gasteiger partial charge in [-0.1, -0.05) is 0 Å². The van der Waals surface area contributed by atoms with Crippen LogP contribution in [0.4, 0.5) is 0 Å². The van der Waals surface area contributed by atoms with Crippen molar-refractivity contribution in [2.45, 2.75) is 0 Å². The molecule has 0 aromatic carbocycles. The molecule has 1 N–H and O–H groups in total. The summed E-state index contributed by atoms with van der Waals surface area (Å²) in [4.78, 5) is 14.2. The van der Waals surface area contributed by atoms with Crippen LogP contribution in [0, 0.1) is 0 Å². The van der Waals surface area contributed by atoms with Gasteiger partial charge in [-0.15, -0.1) is 10.2 Å². The summed E-state index contributed by atoms with van der Waals surface area (Å²) < 4.78 is 3.16. The van der Waals surface area contributed by atoms with Gasteiger partial charge in [0.1, 0.15) is 12.7 Å². The third-order valence-electron chi connectivity index (χ3n) is 1.72. The van der Waals surface area contributed by atoms with Gasteiger partial charge in [-0.25, -0.2) is 9.78 Å². The topological polar surface area (TPSA) is 85.8 Å². The number of nitrogens with zero attached hydrogens (tertiary/aromatic N) is 5. The Morgan fingerprint density at radius 2 is 2.29 bits per heavy atom. The van der Waals surface area contributed by atoms with Crippen molar-refractivity contribution in [3.8, 4) is 5.95 Å². The standard InChI is InChI=1S/C7H7N5O2/c1-11-4-9-10-7(11)12-2-5(6(13)14)8-3-12/h2-4H,1H3,(H,13,14). The molecule has 14 heavy (non-hydrogen) atoms. The second kappa shape index (κ2) is 2.95. The van der Waals surface area contributed by atoms with Crippen LogP contribution in [0.1, 0.15) is 10.5 Å². The van der Waals surface area contributed by atoms with Crippen molar-refractivity contribution < 1.29 is 9.90 Å². The predicted octanol–water partition coefficient (Wildman–Crippen LogP) is -0.301. The lowest BCUT2D eigenvalue weighted by molar-refractivity contribution is 0.0691. The van der Waals surface area contributed by atoms with E-state index in [0.717, 1.165) is 0 Å². The van der Waals surface area contributed by atoms with Crippen molar-refractivity contribution >= 4 is 5.97 Å². The normalized spacial score (nSPS) is 10.4. The summed E-state index contributed by atoms with van der Waals surface area (Å²) >= 11 is 0. The minimum absolute atomic E-state index is 0.0204. The molecule has 0 radical (unpaired) electrons. The third-order valence-corrected chi connectivity index (χ3v) is 1.72. The highest BCUT2D eigenvalue weighted by molar-refractivity contribution is 5.85. The van der Waals surface area contributed by atoms with Crippen LogP contribution < -0.4 is 0 Å². The molecule has 0 atom stereocenters. The molecule has 0 saturated heterocycles. The summed E-state index contributed by atoms with van der Waals surface area (Å²) in [6, 6.07) is 0. The molecule has 0 unspecified atom stereocenters. The van der Waals surface area contributed by atoms with Crippen molar-refractivity contribution in [2.24, 2.45) is 7.05 Å². The monoisotopic (exact) mass is 193 g/mol. The van der Waals surface area contributed by atoms with E-state index < -0.39 is 5.97 Å². The molecule has 0 saturated carbocycles. The first-order valence-corrected chi connectivity index (χ1v) is 3.80. The predicted molar refractivity (Wildman–Crippen MR) is 45.1 cm³/mol. The molecule has 2 aromatic heterocycles. The first kappa shape index (κ1) is 8.42. The fourth-order valence-electron chi connectivity index (χ4n) is 1.05. The molecular weight excluding hydrogens is 186 g/mol. The van der Waals surface area contributed by atoms with Gasteiger partial charge in [-0.05, 0) is 0 Å². The molecule has 7 nitrogen and oxygen atoms in total. The van der Waals surface area contributed by atoms with Crippen LogP contribution in [0.15, 0.2) is 18.9 Å². The molecular formula is C7H7N5O2. The van der Waals surface area contributed by atoms with E-state index in [1.165, 1.54) is 23.4 Å². The Balaban J connectivity index is 2.43. The number of carboxylic acid groups (broad SMARTS) is 1. The fraction of sp³-hybridized carbons (Fsp3) is 0.143. The van der Waals surface area contributed by atoms with Crippen LogP contribution in [-0.4, -0.2) is 35.4 Å². The minimum atomic E-state index is -1.06. The second-order valence-corrected chi connectivity index (χ2v) is 2.71. The largest absolute Gasteiger partial charge is 0.476 e. The van der Waals surface area contributed by atoms with E-state index in [1.807, 2.05) is 0 Å². The minimum Gasteiger partial charge on any atom is -0.476 e. The highest BCUT2D eigenvalue weighted by Gasteiger charge is 2.09. The van der Waals surface area contributed by atoms with Crippen LogP contribution in [0.3, 0.4) is 0 Å². The Kier molecular flexibility index (Phi) is 1.77. The van der Waals surface area contributed by atoms with Crippen LogP contribution >= 0.6 is 0 Å². The molecule has 2 heterocycles. The summed E-state index contributed by atoms with van der Waals surface area (Å²) in [7, 11) is 1.76. The van der Waals surface area contributed by atoms with Gasteiger partial charge in [0.05, 0.1) is 0 Å². The molecule has 0 bridgehead atoms. The zero-order chi connectivity index (χ0) is 10.1. The van der Waals surface area contributed by atoms with Gasteiger partial charge in [0, 0.05) is 13.2 Å². The highest BCUT2D eigenvalue weighted by Crippen LogP contribution is 2.03. The number of hydrogen-bond donors (Lipinski definition) is 1. The van der Waals surface area contributed by atoms with E-state index in [0.29, 0.717) is 5.95 Å². The zero-order valence-electron chi connectivity index (χ0n) is 7.32. The smallest absolute Gasteiger partial charge is 0.356 e. The van der Waals surface area contributed by atoms with Crippen LogP contribution in [0.5, 0.6) is 0 Å². The summed E-state index contributed by atoms with van der Waals surface area (Å²) in [5.41, 5.74) is -0.0204. The second-order valence-electron chi connectivity index (χ2n) is 2.71. The molecule has 0 amide bonds. The van der Waals surface area contributed by atoms with Crippen LogP contribution in [0.25, 0.3) is 5.95 Å². The highest BCUT2D eigenvalue weighted by atomic mass is 16.4. The SMILES string of the molecule is Cn1cnnc1-n1cnc(C(=O)O)c1. The lowest BCUT2D eigenvalue weighted by Crippen LogP contribution is -2.00. The molecule has 0 aliphatic carbocycles. The fourth-order valence-corrected chi connectivity index (χ4v) is 1.05. The lowest BCUT2D eigenvalue weighted by atomic mass is 10.5. The molecule has 0 spiro atoms. The Bertz CT molecular complexity index is 472.